The smallest absolute Gasteiger partial charge is 0.304 e. The summed E-state index contributed by atoms with van der Waals surface area (Å²) in [7, 11) is 0. The van der Waals surface area contributed by atoms with E-state index >= 15 is 0 Å². The van der Waals surface area contributed by atoms with Gasteiger partial charge in [-0.2, -0.15) is 0 Å². The molecule has 0 saturated heterocycles. The molecule has 1 unspecified atom stereocenters. The minimum absolute atomic E-state index is 0.140. The fourth-order valence-corrected chi connectivity index (χ4v) is 2.66. The molecule has 1 rings (SSSR count). The van der Waals surface area contributed by atoms with E-state index in [1.165, 1.54) is 12.8 Å². The van der Waals surface area contributed by atoms with Gasteiger partial charge in [0.05, 0.1) is 11.2 Å². The Labute approximate surface area is 128 Å². The van der Waals surface area contributed by atoms with Crippen molar-refractivity contribution in [3.05, 3.63) is 35.4 Å². The Balaban J connectivity index is 2.73. The number of benzene rings is 1. The largest absolute Gasteiger partial charge is 0.481 e. The van der Waals surface area contributed by atoms with Crippen LogP contribution in [0.25, 0.3) is 0 Å². The number of carboxylic acids is 1. The van der Waals surface area contributed by atoms with Crippen molar-refractivity contribution in [2.75, 3.05) is 0 Å². The van der Waals surface area contributed by atoms with Crippen LogP contribution in [0.2, 0.25) is 0 Å². The molecule has 1 atom stereocenters. The van der Waals surface area contributed by atoms with Crippen LogP contribution in [0.1, 0.15) is 54.9 Å². The van der Waals surface area contributed by atoms with Gasteiger partial charge in [0.1, 0.15) is 0 Å². The number of rotatable bonds is 9. The molecular weight excluding hydrogens is 320 g/mol. The number of halogens is 1. The number of aliphatic carboxylic acids is 1. The summed E-state index contributed by atoms with van der Waals surface area (Å²) < 4.78 is 0. The van der Waals surface area contributed by atoms with Crippen molar-refractivity contribution in [1.29, 1.82) is 0 Å². The van der Waals surface area contributed by atoms with Crippen molar-refractivity contribution >= 4 is 27.7 Å². The summed E-state index contributed by atoms with van der Waals surface area (Å²) in [6, 6.07) is 7.49. The van der Waals surface area contributed by atoms with Crippen molar-refractivity contribution in [2.45, 2.75) is 50.3 Å². The van der Waals surface area contributed by atoms with Gasteiger partial charge in [-0.25, -0.2) is 0 Å². The van der Waals surface area contributed by atoms with Crippen LogP contribution in [-0.4, -0.2) is 21.7 Å². The fraction of sp³-hybridized carbons (Fsp3) is 0.500. The van der Waals surface area contributed by atoms with Crippen molar-refractivity contribution in [1.82, 2.24) is 0 Å². The first-order valence-electron chi connectivity index (χ1n) is 7.04. The van der Waals surface area contributed by atoms with Crippen LogP contribution in [0.4, 0.5) is 0 Å². The Bertz CT molecular complexity index is 457. The van der Waals surface area contributed by atoms with Gasteiger partial charge in [-0.15, -0.1) is 0 Å². The van der Waals surface area contributed by atoms with E-state index in [4.69, 9.17) is 5.11 Å². The van der Waals surface area contributed by atoms with E-state index in [1.54, 1.807) is 6.07 Å². The molecule has 0 saturated carbocycles. The zero-order valence-electron chi connectivity index (χ0n) is 11.8. The summed E-state index contributed by atoms with van der Waals surface area (Å²) in [6.07, 6.45) is 5.28. The Morgan fingerprint density at radius 3 is 2.55 bits per heavy atom. The first-order chi connectivity index (χ1) is 9.56. The molecule has 20 heavy (non-hydrogen) atoms. The van der Waals surface area contributed by atoms with E-state index in [-0.39, 0.29) is 12.2 Å². The molecule has 0 aliphatic heterocycles. The lowest BCUT2D eigenvalue weighted by atomic mass is 9.96. The minimum atomic E-state index is -0.972. The van der Waals surface area contributed by atoms with E-state index in [2.05, 4.69) is 22.9 Å². The van der Waals surface area contributed by atoms with Gasteiger partial charge >= 0.3 is 5.97 Å². The summed E-state index contributed by atoms with van der Waals surface area (Å²) >= 11 is 3.18. The van der Waals surface area contributed by atoms with Crippen molar-refractivity contribution in [3.63, 3.8) is 0 Å². The van der Waals surface area contributed by atoms with Crippen LogP contribution in [0.3, 0.4) is 0 Å². The van der Waals surface area contributed by atoms with E-state index in [9.17, 15) is 9.59 Å². The molecule has 0 aromatic heterocycles. The molecule has 110 valence electrons. The van der Waals surface area contributed by atoms with Gasteiger partial charge in [0.25, 0.3) is 0 Å². The highest BCUT2D eigenvalue weighted by molar-refractivity contribution is 9.10. The maximum Gasteiger partial charge on any atom is 0.304 e. The molecular formula is C16H21BrO3. The van der Waals surface area contributed by atoms with Crippen molar-refractivity contribution in [2.24, 2.45) is 0 Å². The summed E-state index contributed by atoms with van der Waals surface area (Å²) in [4.78, 5) is 22.3. The zero-order valence-corrected chi connectivity index (χ0v) is 13.4. The number of carbonyl (C=O) groups is 2. The molecule has 4 heteroatoms. The predicted octanol–water partition coefficient (Wildman–Crippen LogP) is 4.23. The number of hydrogen-bond acceptors (Lipinski definition) is 2. The summed E-state index contributed by atoms with van der Waals surface area (Å²) in [5.74, 6) is -1.11. The topological polar surface area (TPSA) is 54.4 Å². The quantitative estimate of drug-likeness (QED) is 0.415. The van der Waals surface area contributed by atoms with Gasteiger partial charge in [-0.05, 0) is 18.4 Å². The third kappa shape index (κ3) is 5.45. The molecule has 0 bridgehead atoms. The highest BCUT2D eigenvalue weighted by Crippen LogP contribution is 2.19. The number of carbonyl (C=O) groups excluding carboxylic acids is 1. The molecule has 1 aromatic carbocycles. The second-order valence-corrected chi connectivity index (χ2v) is 6.00. The standard InChI is InChI=1S/C16H21BrO3/c1-2-3-4-5-8-12-9-6-7-10-13(12)16(20)14(17)11-15(18)19/h6-7,9-10,14H,2-5,8,11H2,1H3,(H,18,19). The Kier molecular flexibility index (Phi) is 7.52. The van der Waals surface area contributed by atoms with E-state index < -0.39 is 10.8 Å². The molecule has 0 fully saturated rings. The van der Waals surface area contributed by atoms with Crippen LogP contribution in [0, 0.1) is 0 Å². The van der Waals surface area contributed by atoms with Gasteiger partial charge < -0.3 is 5.11 Å². The Hall–Kier alpha value is -1.16. The first-order valence-corrected chi connectivity index (χ1v) is 7.95. The van der Waals surface area contributed by atoms with Gasteiger partial charge in [0.2, 0.25) is 0 Å². The average molecular weight is 341 g/mol. The summed E-state index contributed by atoms with van der Waals surface area (Å²) in [5.41, 5.74) is 1.66. The maximum atomic E-state index is 12.3. The van der Waals surface area contributed by atoms with Gasteiger partial charge in [-0.3, -0.25) is 9.59 Å². The Morgan fingerprint density at radius 2 is 1.90 bits per heavy atom. The maximum absolute atomic E-state index is 12.3. The molecule has 0 aliphatic carbocycles. The lowest BCUT2D eigenvalue weighted by molar-refractivity contribution is -0.136. The fourth-order valence-electron chi connectivity index (χ4n) is 2.14. The number of ketones is 1. The number of unbranched alkanes of at least 4 members (excludes halogenated alkanes) is 3. The van der Waals surface area contributed by atoms with Crippen LogP contribution in [0.5, 0.6) is 0 Å². The second kappa shape index (κ2) is 8.90. The highest BCUT2D eigenvalue weighted by atomic mass is 79.9. The predicted molar refractivity (Wildman–Crippen MR) is 83.6 cm³/mol. The summed E-state index contributed by atoms with van der Waals surface area (Å²) in [5, 5.41) is 8.77. The van der Waals surface area contributed by atoms with Crippen molar-refractivity contribution in [3.8, 4) is 0 Å². The number of carboxylic acid groups (broad SMARTS) is 1. The van der Waals surface area contributed by atoms with Gasteiger partial charge in [0.15, 0.2) is 5.78 Å². The number of alkyl halides is 1. The van der Waals surface area contributed by atoms with Crippen LogP contribution in [0.15, 0.2) is 24.3 Å². The Morgan fingerprint density at radius 1 is 1.20 bits per heavy atom. The number of hydrogen-bond donors (Lipinski definition) is 1. The van der Waals surface area contributed by atoms with Crippen LogP contribution in [-0.2, 0) is 11.2 Å². The van der Waals surface area contributed by atoms with E-state index in [0.717, 1.165) is 24.8 Å². The lowest BCUT2D eigenvalue weighted by Crippen LogP contribution is -2.19. The van der Waals surface area contributed by atoms with E-state index in [1.807, 2.05) is 18.2 Å². The molecule has 0 spiro atoms. The third-order valence-electron chi connectivity index (χ3n) is 3.22. The normalized spacial score (nSPS) is 12.1. The summed E-state index contributed by atoms with van der Waals surface area (Å²) in [6.45, 7) is 2.17. The SMILES string of the molecule is CCCCCCc1ccccc1C(=O)C(Br)CC(=O)O. The lowest BCUT2D eigenvalue weighted by Gasteiger charge is -2.11. The molecule has 1 N–H and O–H groups in total. The first kappa shape index (κ1) is 16.9. The third-order valence-corrected chi connectivity index (χ3v) is 3.96. The highest BCUT2D eigenvalue weighted by Gasteiger charge is 2.21. The van der Waals surface area contributed by atoms with Gasteiger partial charge in [0, 0.05) is 5.56 Å². The van der Waals surface area contributed by atoms with E-state index in [0.29, 0.717) is 5.56 Å². The van der Waals surface area contributed by atoms with Gasteiger partial charge in [-0.1, -0.05) is 66.4 Å². The average Bonchev–Trinajstić information content (AvgIpc) is 2.42. The number of Topliss-reactive ketones (excluding diaryl/α,β-unsaturated/α-hetero) is 1. The molecule has 0 amide bonds. The second-order valence-electron chi connectivity index (χ2n) is 4.90. The molecule has 0 aliphatic rings. The van der Waals surface area contributed by atoms with Crippen LogP contribution < -0.4 is 0 Å². The molecule has 0 heterocycles. The molecule has 3 nitrogen and oxygen atoms in total. The molecule has 0 radical (unpaired) electrons. The zero-order chi connectivity index (χ0) is 15.0. The number of aryl methyl sites for hydroxylation is 1. The molecule has 1 aromatic rings. The van der Waals surface area contributed by atoms with Crippen LogP contribution >= 0.6 is 15.9 Å². The van der Waals surface area contributed by atoms with Crippen molar-refractivity contribution < 1.29 is 14.7 Å². The minimum Gasteiger partial charge on any atom is -0.481 e. The monoisotopic (exact) mass is 340 g/mol.